The van der Waals surface area contributed by atoms with Crippen LogP contribution in [-0.2, 0) is 22.4 Å². The Labute approximate surface area is 288 Å². The summed E-state index contributed by atoms with van der Waals surface area (Å²) >= 11 is 0. The second-order valence-electron chi connectivity index (χ2n) is 15.4. The van der Waals surface area contributed by atoms with E-state index >= 15 is 0 Å². The maximum absolute atomic E-state index is 4.25. The molecule has 5 aliphatic heterocycles. The van der Waals surface area contributed by atoms with Crippen molar-refractivity contribution in [3.63, 3.8) is 0 Å². The molecule has 8 bridgehead atoms. The molecule has 0 amide bonds. The number of hydrogen-bond donors (Lipinski definition) is 8. The van der Waals surface area contributed by atoms with Crippen molar-refractivity contribution in [2.75, 3.05) is 0 Å². The third-order valence-electron chi connectivity index (χ3n) is 13.6. The second kappa shape index (κ2) is 15.9. The minimum atomic E-state index is 0. The van der Waals surface area contributed by atoms with Crippen molar-refractivity contribution in [2.24, 2.45) is 47.3 Å². The first-order valence-corrected chi connectivity index (χ1v) is 17.7. The van der Waals surface area contributed by atoms with Crippen molar-refractivity contribution in [3.8, 4) is 0 Å². The molecule has 0 aromatic carbocycles. The zero-order valence-electron chi connectivity index (χ0n) is 27.2. The molecule has 9 aliphatic rings. The van der Waals surface area contributed by atoms with Crippen LogP contribution in [0.2, 0.25) is 0 Å². The molecule has 16 atom stereocenters. The third kappa shape index (κ3) is 6.74. The van der Waals surface area contributed by atoms with Crippen molar-refractivity contribution in [2.45, 2.75) is 146 Å². The first-order chi connectivity index (χ1) is 19.8. The molecule has 5 saturated heterocycles. The van der Waals surface area contributed by atoms with Crippen LogP contribution >= 0.6 is 0 Å². The van der Waals surface area contributed by atoms with E-state index in [1.807, 2.05) is 0 Å². The molecule has 4 aliphatic carbocycles. The smallest absolute Gasteiger partial charge is 0.693 e. The van der Waals surface area contributed by atoms with Gasteiger partial charge in [-0.25, -0.2) is 0 Å². The molecule has 45 heavy (non-hydrogen) atoms. The van der Waals surface area contributed by atoms with Crippen molar-refractivity contribution >= 4 is 0 Å². The molecule has 13 heteroatoms. The molecule has 0 spiro atoms. The van der Waals surface area contributed by atoms with E-state index in [2.05, 4.69) is 49.0 Å². The zero-order chi connectivity index (χ0) is 26.2. The summed E-state index contributed by atoms with van der Waals surface area (Å²) in [6, 6.07) is 0. The largest absolute Gasteiger partial charge is 5.00 e. The molecule has 0 aromatic heterocycles. The van der Waals surface area contributed by atoms with Gasteiger partial charge < -0.3 is 31.0 Å². The zero-order valence-corrected chi connectivity index (χ0v) is 29.4. The molecule has 16 N–H and O–H groups in total. The van der Waals surface area contributed by atoms with Crippen molar-refractivity contribution in [3.05, 3.63) is 31.0 Å². The molecule has 12 nitrogen and oxygen atoms in total. The molecule has 0 aromatic rings. The minimum absolute atomic E-state index is 0. The molecule has 9 fully saturated rings. The summed E-state index contributed by atoms with van der Waals surface area (Å²) in [5, 5.41) is 33.7. The van der Waals surface area contributed by atoms with Gasteiger partial charge in [-0.05, 0) is 80.0 Å². The van der Waals surface area contributed by atoms with Crippen LogP contribution in [0.5, 0.6) is 0 Å². The van der Waals surface area contributed by atoms with Crippen molar-refractivity contribution in [1.82, 2.24) is 42.5 Å². The Morgan fingerprint density at radius 1 is 0.311 bits per heavy atom. The Hall–Kier alpha value is 0.260. The Morgan fingerprint density at radius 2 is 0.556 bits per heavy atom. The van der Waals surface area contributed by atoms with Crippen LogP contribution in [0.25, 0.3) is 24.6 Å². The Balaban J connectivity index is 0.000000922. The summed E-state index contributed by atoms with van der Waals surface area (Å²) < 4.78 is 0. The van der Waals surface area contributed by atoms with Gasteiger partial charge in [-0.3, -0.25) is 42.5 Å². The van der Waals surface area contributed by atoms with Crippen LogP contribution in [-0.4, -0.2) is 49.3 Å². The third-order valence-corrected chi connectivity index (χ3v) is 13.6. The summed E-state index contributed by atoms with van der Waals surface area (Å²) in [5.41, 5.74) is 0. The molecular weight excluding hydrogens is 645 g/mol. The van der Waals surface area contributed by atoms with E-state index in [1.54, 1.807) is 0 Å². The number of nitrogens with two attached hydrogens (primary N) is 4. The first kappa shape index (κ1) is 38.1. The van der Waals surface area contributed by atoms with E-state index in [0.717, 1.165) is 35.5 Å². The first-order valence-electron chi connectivity index (χ1n) is 17.7. The summed E-state index contributed by atoms with van der Waals surface area (Å²) in [6.45, 7) is 0. The van der Waals surface area contributed by atoms with Gasteiger partial charge in [-0.15, -0.1) is 5.92 Å². The predicted molar refractivity (Wildman–Crippen MR) is 178 cm³/mol. The molecule has 0 radical (unpaired) electrons. The van der Waals surface area contributed by atoms with E-state index in [9.17, 15) is 0 Å². The van der Waals surface area contributed by atoms with Gasteiger partial charge in [0, 0.05) is 6.17 Å². The standard InChI is InChI=1S/C32H55N8.4H2N.Nb/c1-2-10-18-17(9-1)25-33-26(18)38-28-21-13-5-6-14-22(21)30(35-28)40-32-24-16-8-7-15-23(24)31(36-32)39-29-20-12-4-3-11-19(20)27(34-29)37-25;;;;;/h9,17-40H,1-8,10-16H2;4*1H2;/q5*-1;+5. The normalized spacial score (nSPS) is 51.2. The monoisotopic (exact) mass is 708 g/mol. The van der Waals surface area contributed by atoms with Gasteiger partial charge in [0.1, 0.15) is 0 Å². The molecule has 5 heterocycles. The number of rotatable bonds is 0. The van der Waals surface area contributed by atoms with Gasteiger partial charge in [0.05, 0.1) is 43.2 Å². The van der Waals surface area contributed by atoms with Gasteiger partial charge >= 0.3 is 22.4 Å². The van der Waals surface area contributed by atoms with Gasteiger partial charge in [0.25, 0.3) is 0 Å². The second-order valence-corrected chi connectivity index (χ2v) is 15.4. The van der Waals surface area contributed by atoms with Gasteiger partial charge in [0.2, 0.25) is 0 Å². The fraction of sp³-hybridized carbons (Fsp3) is 0.969. The number of fused-ring (bicyclic) bond motifs is 20. The molecular formula is C32H63N12Nb. The quantitative estimate of drug-likeness (QED) is 0.122. The predicted octanol–water partition coefficient (Wildman–Crippen LogP) is 5.29. The van der Waals surface area contributed by atoms with E-state index < -0.39 is 0 Å². The summed E-state index contributed by atoms with van der Waals surface area (Å²) in [4.78, 5) is 0. The Kier molecular flexibility index (Phi) is 13.4. The SMILES string of the molecule is [CH-]1CCCC2C3NC(NC4NC(NC5NC(NC6NC(N3)C3CCCCC63)C3CCCCC53)C3CCCCC43)C12.[NH2-].[NH2-].[NH2-].[NH2-].[Nb+5]. The average Bonchev–Trinajstić information content (AvgIpc) is 3.73. The molecule has 9 rings (SSSR count). The molecule has 16 unspecified atom stereocenters. The van der Waals surface area contributed by atoms with E-state index in [4.69, 9.17) is 0 Å². The Morgan fingerprint density at radius 3 is 0.867 bits per heavy atom. The summed E-state index contributed by atoms with van der Waals surface area (Å²) in [7, 11) is 0. The van der Waals surface area contributed by atoms with Crippen LogP contribution in [0.15, 0.2) is 0 Å². The van der Waals surface area contributed by atoms with Crippen LogP contribution < -0.4 is 42.5 Å². The van der Waals surface area contributed by atoms with Crippen LogP contribution in [0.1, 0.15) is 96.3 Å². The van der Waals surface area contributed by atoms with E-state index in [0.29, 0.717) is 61.2 Å². The van der Waals surface area contributed by atoms with E-state index in [1.165, 1.54) is 96.3 Å². The number of hydrogen-bond acceptors (Lipinski definition) is 8. The van der Waals surface area contributed by atoms with Crippen LogP contribution in [0.3, 0.4) is 0 Å². The maximum Gasteiger partial charge on any atom is 5.00 e. The van der Waals surface area contributed by atoms with Crippen molar-refractivity contribution in [1.29, 1.82) is 0 Å². The molecule has 4 saturated carbocycles. The van der Waals surface area contributed by atoms with Gasteiger partial charge in [-0.2, -0.15) is 6.42 Å². The Bertz CT molecular complexity index is 725. The van der Waals surface area contributed by atoms with Gasteiger partial charge in [-0.1, -0.05) is 51.4 Å². The van der Waals surface area contributed by atoms with E-state index in [-0.39, 0.29) is 47.0 Å². The van der Waals surface area contributed by atoms with Gasteiger partial charge in [0.15, 0.2) is 0 Å². The summed E-state index contributed by atoms with van der Waals surface area (Å²) in [6.07, 6.45) is 26.4. The van der Waals surface area contributed by atoms with Crippen molar-refractivity contribution < 1.29 is 22.4 Å². The van der Waals surface area contributed by atoms with Crippen LogP contribution in [0, 0.1) is 53.8 Å². The number of nitrogens with one attached hydrogen (secondary N) is 8. The minimum Gasteiger partial charge on any atom is -0.693 e. The summed E-state index contributed by atoms with van der Waals surface area (Å²) in [5.74, 6) is 5.74. The molecule has 256 valence electrons. The van der Waals surface area contributed by atoms with Crippen LogP contribution in [0.4, 0.5) is 0 Å². The average molecular weight is 709 g/mol. The fourth-order valence-corrected chi connectivity index (χ4v) is 11.7. The maximum atomic E-state index is 4.25. The fourth-order valence-electron chi connectivity index (χ4n) is 11.7. The topological polar surface area (TPSA) is 230 Å².